The van der Waals surface area contributed by atoms with Crippen LogP contribution in [0.25, 0.3) is 10.8 Å². The van der Waals surface area contributed by atoms with E-state index in [0.717, 1.165) is 6.07 Å². The number of benzene rings is 2. The minimum atomic E-state index is -1.31. The maximum absolute atomic E-state index is 15.3. The number of carboxylic acid groups (broad SMARTS) is 1. The van der Waals surface area contributed by atoms with Crippen molar-refractivity contribution in [2.75, 3.05) is 6.61 Å². The number of hydrogen-bond acceptors (Lipinski definition) is 4. The van der Waals surface area contributed by atoms with Crippen LogP contribution in [-0.4, -0.2) is 28.6 Å². The number of nitrogens with zero attached hydrogens (tertiary/aromatic N) is 1. The van der Waals surface area contributed by atoms with Crippen LogP contribution in [0.4, 0.5) is 13.6 Å². The fourth-order valence-electron chi connectivity index (χ4n) is 3.98. The average molecular weight is 412 g/mol. The first-order chi connectivity index (χ1) is 14.4. The zero-order valence-corrected chi connectivity index (χ0v) is 16.0. The van der Waals surface area contributed by atoms with Gasteiger partial charge < -0.3 is 15.2 Å². The Kier molecular flexibility index (Phi) is 5.07. The first-order valence-electron chi connectivity index (χ1n) is 9.47. The van der Waals surface area contributed by atoms with E-state index in [4.69, 9.17) is 9.84 Å². The molecule has 1 aliphatic rings. The van der Waals surface area contributed by atoms with Crippen LogP contribution in [0.15, 0.2) is 36.5 Å². The Labute approximate surface area is 170 Å². The van der Waals surface area contributed by atoms with Crippen molar-refractivity contribution in [3.05, 3.63) is 70.4 Å². The Morgan fingerprint density at radius 1 is 1.27 bits per heavy atom. The molecule has 0 radical (unpaired) electrons. The number of carbonyl (C=O) groups excluding carboxylic acids is 1. The molecule has 0 bridgehead atoms. The molecular weight excluding hydrogens is 394 g/mol. The number of rotatable bonds is 5. The molecule has 3 aromatic rings. The molecule has 0 aliphatic heterocycles. The van der Waals surface area contributed by atoms with Crippen molar-refractivity contribution in [2.24, 2.45) is 0 Å². The molecule has 0 spiro atoms. The third-order valence-electron chi connectivity index (χ3n) is 5.21. The van der Waals surface area contributed by atoms with Gasteiger partial charge in [-0.2, -0.15) is 0 Å². The van der Waals surface area contributed by atoms with Gasteiger partial charge in [0.15, 0.2) is 5.78 Å². The summed E-state index contributed by atoms with van der Waals surface area (Å²) in [6.45, 7) is 2.17. The highest BCUT2D eigenvalue weighted by molar-refractivity contribution is 6.17. The molecule has 2 aromatic carbocycles. The molecule has 0 unspecified atom stereocenters. The number of nitrogens with one attached hydrogen (secondary N) is 1. The standard InChI is InChI=1S/C22H18F2N2O4/c1-2-30-21-14-5-3-4-13(12(14)8-9-25-21)20(27)18-15(23)10-11-6-7-16(26-22(28)29)17(11)19(18)24/h3-5,8-10,16,26H,2,6-7H2,1H3,(H,28,29)/t16-/m0/s1. The van der Waals surface area contributed by atoms with Gasteiger partial charge >= 0.3 is 6.09 Å². The molecule has 1 heterocycles. The lowest BCUT2D eigenvalue weighted by molar-refractivity contribution is 0.103. The molecule has 8 heteroatoms. The van der Waals surface area contributed by atoms with Gasteiger partial charge in [-0.05, 0) is 48.9 Å². The zero-order valence-electron chi connectivity index (χ0n) is 16.0. The van der Waals surface area contributed by atoms with Crippen molar-refractivity contribution in [3.8, 4) is 5.88 Å². The van der Waals surface area contributed by atoms with E-state index in [1.165, 1.54) is 12.3 Å². The molecule has 0 saturated heterocycles. The molecular formula is C22H18F2N2O4. The third-order valence-corrected chi connectivity index (χ3v) is 5.21. The van der Waals surface area contributed by atoms with E-state index < -0.39 is 35.1 Å². The van der Waals surface area contributed by atoms with Crippen molar-refractivity contribution in [3.63, 3.8) is 0 Å². The largest absolute Gasteiger partial charge is 0.478 e. The third kappa shape index (κ3) is 3.24. The normalized spacial score (nSPS) is 15.1. The molecule has 1 amide bonds. The number of fused-ring (bicyclic) bond motifs is 2. The van der Waals surface area contributed by atoms with Gasteiger partial charge in [0.05, 0.1) is 18.2 Å². The minimum absolute atomic E-state index is 0.0269. The Morgan fingerprint density at radius 2 is 2.07 bits per heavy atom. The van der Waals surface area contributed by atoms with E-state index in [1.807, 2.05) is 0 Å². The summed E-state index contributed by atoms with van der Waals surface area (Å²) in [5.41, 5.74) is -0.204. The highest BCUT2D eigenvalue weighted by Crippen LogP contribution is 2.37. The lowest BCUT2D eigenvalue weighted by Crippen LogP contribution is -2.26. The van der Waals surface area contributed by atoms with E-state index in [-0.39, 0.29) is 11.1 Å². The molecule has 4 rings (SSSR count). The van der Waals surface area contributed by atoms with Crippen LogP contribution in [0, 0.1) is 11.6 Å². The maximum atomic E-state index is 15.3. The Bertz CT molecular complexity index is 1180. The van der Waals surface area contributed by atoms with Crippen molar-refractivity contribution in [1.82, 2.24) is 10.3 Å². The molecule has 154 valence electrons. The second-order valence-electron chi connectivity index (χ2n) is 6.94. The highest BCUT2D eigenvalue weighted by Gasteiger charge is 2.33. The summed E-state index contributed by atoms with van der Waals surface area (Å²) in [4.78, 5) is 28.4. The molecule has 1 aromatic heterocycles. The number of ether oxygens (including phenoxy) is 1. The van der Waals surface area contributed by atoms with Gasteiger partial charge in [-0.1, -0.05) is 12.1 Å². The van der Waals surface area contributed by atoms with Gasteiger partial charge in [0.25, 0.3) is 0 Å². The molecule has 30 heavy (non-hydrogen) atoms. The highest BCUT2D eigenvalue weighted by atomic mass is 19.1. The number of amides is 1. The number of hydrogen-bond donors (Lipinski definition) is 2. The van der Waals surface area contributed by atoms with Crippen LogP contribution < -0.4 is 10.1 Å². The summed E-state index contributed by atoms with van der Waals surface area (Å²) in [6, 6.07) is 6.67. The second-order valence-corrected chi connectivity index (χ2v) is 6.94. The van der Waals surface area contributed by atoms with Crippen LogP contribution in [0.3, 0.4) is 0 Å². The van der Waals surface area contributed by atoms with Gasteiger partial charge in [-0.3, -0.25) is 4.79 Å². The zero-order chi connectivity index (χ0) is 21.4. The van der Waals surface area contributed by atoms with E-state index >= 15 is 4.39 Å². The minimum Gasteiger partial charge on any atom is -0.478 e. The van der Waals surface area contributed by atoms with Crippen LogP contribution in [0.5, 0.6) is 5.88 Å². The number of carbonyl (C=O) groups is 2. The van der Waals surface area contributed by atoms with Gasteiger partial charge in [0.1, 0.15) is 11.6 Å². The van der Waals surface area contributed by atoms with E-state index in [2.05, 4.69) is 10.3 Å². The molecule has 0 fully saturated rings. The fourth-order valence-corrected chi connectivity index (χ4v) is 3.98. The number of ketones is 1. The van der Waals surface area contributed by atoms with Gasteiger partial charge in [-0.25, -0.2) is 18.6 Å². The molecule has 0 saturated carbocycles. The monoisotopic (exact) mass is 412 g/mol. The Balaban J connectivity index is 1.86. The van der Waals surface area contributed by atoms with Crippen molar-refractivity contribution in [2.45, 2.75) is 25.8 Å². The summed E-state index contributed by atoms with van der Waals surface area (Å²) in [7, 11) is 0. The molecule has 2 N–H and O–H groups in total. The predicted molar refractivity (Wildman–Crippen MR) is 105 cm³/mol. The van der Waals surface area contributed by atoms with Gasteiger partial charge in [0.2, 0.25) is 5.88 Å². The topological polar surface area (TPSA) is 88.5 Å². The molecule has 1 aliphatic carbocycles. The average Bonchev–Trinajstić information content (AvgIpc) is 3.09. The number of pyridine rings is 1. The summed E-state index contributed by atoms with van der Waals surface area (Å²) in [6.07, 6.45) is 0.773. The number of aromatic nitrogens is 1. The SMILES string of the molecule is CCOc1nccc2c(C(=O)c3c(F)cc4c(c3F)[C@@H](NC(=O)O)CC4)cccc12. The van der Waals surface area contributed by atoms with Crippen molar-refractivity contribution < 1.29 is 28.2 Å². The molecule has 1 atom stereocenters. The van der Waals surface area contributed by atoms with E-state index in [0.29, 0.717) is 41.7 Å². The summed E-state index contributed by atoms with van der Waals surface area (Å²) >= 11 is 0. The second kappa shape index (κ2) is 7.70. The van der Waals surface area contributed by atoms with Crippen LogP contribution >= 0.6 is 0 Å². The van der Waals surface area contributed by atoms with Crippen LogP contribution in [0.2, 0.25) is 0 Å². The van der Waals surface area contributed by atoms with Crippen LogP contribution in [0.1, 0.15) is 46.4 Å². The quantitative estimate of drug-likeness (QED) is 0.607. The van der Waals surface area contributed by atoms with Crippen molar-refractivity contribution in [1.29, 1.82) is 0 Å². The summed E-state index contributed by atoms with van der Waals surface area (Å²) in [5.74, 6) is -2.50. The first kappa shape index (κ1) is 19.8. The fraction of sp³-hybridized carbons (Fsp3) is 0.227. The van der Waals surface area contributed by atoms with Crippen LogP contribution in [-0.2, 0) is 6.42 Å². The van der Waals surface area contributed by atoms with Gasteiger partial charge in [-0.15, -0.1) is 0 Å². The first-order valence-corrected chi connectivity index (χ1v) is 9.47. The number of halogens is 2. The smallest absolute Gasteiger partial charge is 0.405 e. The predicted octanol–water partition coefficient (Wildman–Crippen LogP) is 4.40. The lowest BCUT2D eigenvalue weighted by Gasteiger charge is -2.15. The Morgan fingerprint density at radius 3 is 2.80 bits per heavy atom. The van der Waals surface area contributed by atoms with Gasteiger partial charge in [0, 0.05) is 22.7 Å². The van der Waals surface area contributed by atoms with E-state index in [9.17, 15) is 14.0 Å². The maximum Gasteiger partial charge on any atom is 0.405 e. The summed E-state index contributed by atoms with van der Waals surface area (Å²) in [5, 5.41) is 12.2. The summed E-state index contributed by atoms with van der Waals surface area (Å²) < 4.78 is 35.6. The number of aryl methyl sites for hydroxylation is 1. The molecule has 6 nitrogen and oxygen atoms in total. The Hall–Kier alpha value is -3.55. The van der Waals surface area contributed by atoms with E-state index in [1.54, 1.807) is 25.1 Å². The lowest BCUT2D eigenvalue weighted by atomic mass is 9.94. The van der Waals surface area contributed by atoms with Crippen molar-refractivity contribution >= 4 is 22.6 Å².